The normalized spacial score (nSPS) is 12.2. The van der Waals surface area contributed by atoms with Gasteiger partial charge in [-0.15, -0.1) is 0 Å². The van der Waals surface area contributed by atoms with E-state index in [-0.39, 0.29) is 6.54 Å². The second kappa shape index (κ2) is 9.01. The molecule has 0 atom stereocenters. The molecule has 1 heterocycles. The average Bonchev–Trinajstić information content (AvgIpc) is 2.91. The van der Waals surface area contributed by atoms with Gasteiger partial charge >= 0.3 is 0 Å². The van der Waals surface area contributed by atoms with Gasteiger partial charge < -0.3 is 9.84 Å². The minimum Gasteiger partial charge on any atom is -0.343 e. The molecule has 0 aliphatic heterocycles. The molecule has 8 nitrogen and oxygen atoms in total. The Morgan fingerprint density at radius 2 is 2.15 bits per heavy atom. The van der Waals surface area contributed by atoms with Gasteiger partial charge in [-0.05, 0) is 25.9 Å². The van der Waals surface area contributed by atoms with Crippen LogP contribution in [0.4, 0.5) is 0 Å². The Morgan fingerprint density at radius 3 is 2.80 bits per heavy atom. The van der Waals surface area contributed by atoms with E-state index in [1.165, 1.54) is 10.7 Å². The number of nitrogens with one attached hydrogen (secondary N) is 2. The zero-order valence-corrected chi connectivity index (χ0v) is 12.8. The molecular formula is C11H23N5O3S. The van der Waals surface area contributed by atoms with Gasteiger partial charge in [0.05, 0.1) is 0 Å². The fraction of sp³-hybridized carbons (Fsp3) is 0.818. The molecule has 0 aliphatic carbocycles. The Bertz CT molecular complexity index is 449. The zero-order chi connectivity index (χ0) is 14.8. The van der Waals surface area contributed by atoms with Crippen LogP contribution in [-0.2, 0) is 16.6 Å². The fourth-order valence-corrected chi connectivity index (χ4v) is 2.50. The highest BCUT2D eigenvalue weighted by molar-refractivity contribution is 7.87. The van der Waals surface area contributed by atoms with Crippen LogP contribution in [0, 0.1) is 0 Å². The number of hydrogen-bond acceptors (Lipinski definition) is 6. The maximum Gasteiger partial charge on any atom is 0.279 e. The fourth-order valence-electron chi connectivity index (χ4n) is 1.55. The molecular weight excluding hydrogens is 282 g/mol. The van der Waals surface area contributed by atoms with E-state index in [4.69, 9.17) is 0 Å². The lowest BCUT2D eigenvalue weighted by molar-refractivity contribution is 0.409. The summed E-state index contributed by atoms with van der Waals surface area (Å²) >= 11 is 0. The van der Waals surface area contributed by atoms with E-state index in [1.54, 1.807) is 7.05 Å². The van der Waals surface area contributed by atoms with Crippen molar-refractivity contribution in [2.75, 3.05) is 33.2 Å². The van der Waals surface area contributed by atoms with E-state index >= 15 is 0 Å². The minimum absolute atomic E-state index is 0.250. The first-order valence-corrected chi connectivity index (χ1v) is 8.17. The number of nitrogens with zero attached hydrogens (tertiary/aromatic N) is 3. The molecule has 0 spiro atoms. The SMILES string of the molecule is CCCNCCCN(C)S(=O)(=O)NCCc1ncon1. The lowest BCUT2D eigenvalue weighted by atomic mass is 10.4. The quantitative estimate of drug-likeness (QED) is 0.548. The zero-order valence-electron chi connectivity index (χ0n) is 12.0. The molecule has 0 aliphatic rings. The smallest absolute Gasteiger partial charge is 0.279 e. The van der Waals surface area contributed by atoms with E-state index < -0.39 is 10.2 Å². The maximum atomic E-state index is 11.9. The van der Waals surface area contributed by atoms with Crippen LogP contribution in [0.1, 0.15) is 25.6 Å². The van der Waals surface area contributed by atoms with Gasteiger partial charge in [0.25, 0.3) is 10.2 Å². The van der Waals surface area contributed by atoms with E-state index in [0.29, 0.717) is 18.8 Å². The van der Waals surface area contributed by atoms with Crippen LogP contribution in [-0.4, -0.2) is 56.1 Å². The van der Waals surface area contributed by atoms with E-state index in [9.17, 15) is 8.42 Å². The topological polar surface area (TPSA) is 100 Å². The molecule has 116 valence electrons. The summed E-state index contributed by atoms with van der Waals surface area (Å²) in [6.45, 7) is 4.60. The van der Waals surface area contributed by atoms with Crippen molar-refractivity contribution in [2.24, 2.45) is 0 Å². The number of rotatable bonds is 11. The predicted molar refractivity (Wildman–Crippen MR) is 75.3 cm³/mol. The largest absolute Gasteiger partial charge is 0.343 e. The van der Waals surface area contributed by atoms with Gasteiger partial charge in [0.1, 0.15) is 0 Å². The summed E-state index contributed by atoms with van der Waals surface area (Å²) < 4.78 is 32.2. The lowest BCUT2D eigenvalue weighted by Gasteiger charge is -2.17. The third kappa shape index (κ3) is 6.42. The third-order valence-electron chi connectivity index (χ3n) is 2.70. The Balaban J connectivity index is 2.21. The van der Waals surface area contributed by atoms with Crippen molar-refractivity contribution < 1.29 is 12.9 Å². The third-order valence-corrected chi connectivity index (χ3v) is 4.28. The van der Waals surface area contributed by atoms with Crippen LogP contribution in [0.2, 0.25) is 0 Å². The summed E-state index contributed by atoms with van der Waals surface area (Å²) in [6, 6.07) is 0. The molecule has 0 saturated heterocycles. The molecule has 0 fully saturated rings. The van der Waals surface area contributed by atoms with Crippen molar-refractivity contribution in [3.8, 4) is 0 Å². The highest BCUT2D eigenvalue weighted by Crippen LogP contribution is 1.96. The maximum absolute atomic E-state index is 11.9. The second-order valence-corrected chi connectivity index (χ2v) is 6.28. The number of aromatic nitrogens is 2. The molecule has 0 saturated carbocycles. The first kappa shape index (κ1) is 17.0. The van der Waals surface area contributed by atoms with Crippen LogP contribution in [0.25, 0.3) is 0 Å². The Kier molecular flexibility index (Phi) is 7.67. The summed E-state index contributed by atoms with van der Waals surface area (Å²) in [7, 11) is -1.87. The van der Waals surface area contributed by atoms with E-state index in [1.807, 2.05) is 0 Å². The van der Waals surface area contributed by atoms with Gasteiger partial charge in [-0.2, -0.15) is 17.7 Å². The van der Waals surface area contributed by atoms with Crippen molar-refractivity contribution in [1.82, 2.24) is 24.5 Å². The monoisotopic (exact) mass is 305 g/mol. The molecule has 0 bridgehead atoms. The van der Waals surface area contributed by atoms with Gasteiger partial charge in [-0.25, -0.2) is 4.72 Å². The standard InChI is InChI=1S/C11H23N5O3S/c1-3-6-12-7-4-9-16(2)20(17,18)14-8-5-11-13-10-19-15-11/h10,12,14H,3-9H2,1-2H3. The lowest BCUT2D eigenvalue weighted by Crippen LogP contribution is -2.40. The van der Waals surface area contributed by atoms with Crippen LogP contribution < -0.4 is 10.0 Å². The first-order chi connectivity index (χ1) is 9.56. The average molecular weight is 305 g/mol. The van der Waals surface area contributed by atoms with E-state index in [0.717, 1.165) is 25.9 Å². The molecule has 0 amide bonds. The molecule has 1 rings (SSSR count). The number of hydrogen-bond donors (Lipinski definition) is 2. The van der Waals surface area contributed by atoms with Crippen molar-refractivity contribution in [3.05, 3.63) is 12.2 Å². The molecule has 2 N–H and O–H groups in total. The molecule has 20 heavy (non-hydrogen) atoms. The summed E-state index contributed by atoms with van der Waals surface area (Å²) in [6.07, 6.45) is 3.48. The van der Waals surface area contributed by atoms with Gasteiger partial charge in [-0.3, -0.25) is 0 Å². The van der Waals surface area contributed by atoms with Gasteiger partial charge in [-0.1, -0.05) is 12.1 Å². The van der Waals surface area contributed by atoms with Gasteiger partial charge in [0.15, 0.2) is 5.82 Å². The summed E-state index contributed by atoms with van der Waals surface area (Å²) in [4.78, 5) is 3.82. The molecule has 9 heteroatoms. The molecule has 0 radical (unpaired) electrons. The van der Waals surface area contributed by atoms with E-state index in [2.05, 4.69) is 31.6 Å². The first-order valence-electron chi connectivity index (χ1n) is 6.73. The molecule has 1 aromatic heterocycles. The highest BCUT2D eigenvalue weighted by atomic mass is 32.2. The highest BCUT2D eigenvalue weighted by Gasteiger charge is 2.16. The van der Waals surface area contributed by atoms with Crippen LogP contribution in [0.15, 0.2) is 10.9 Å². The van der Waals surface area contributed by atoms with Gasteiger partial charge in [0.2, 0.25) is 6.39 Å². The minimum atomic E-state index is -3.44. The molecule has 1 aromatic rings. The van der Waals surface area contributed by atoms with Crippen molar-refractivity contribution in [1.29, 1.82) is 0 Å². The predicted octanol–water partition coefficient (Wildman–Crippen LogP) is -0.232. The Labute approximate surface area is 120 Å². The second-order valence-electron chi connectivity index (χ2n) is 4.42. The summed E-state index contributed by atoms with van der Waals surface area (Å²) in [5.41, 5.74) is 0. The summed E-state index contributed by atoms with van der Waals surface area (Å²) in [5, 5.41) is 6.85. The van der Waals surface area contributed by atoms with Gasteiger partial charge in [0, 0.05) is 26.6 Å². The van der Waals surface area contributed by atoms with Crippen LogP contribution in [0.5, 0.6) is 0 Å². The molecule has 0 aromatic carbocycles. The van der Waals surface area contributed by atoms with Crippen LogP contribution >= 0.6 is 0 Å². The van der Waals surface area contributed by atoms with Crippen molar-refractivity contribution in [2.45, 2.75) is 26.2 Å². The van der Waals surface area contributed by atoms with Crippen molar-refractivity contribution in [3.63, 3.8) is 0 Å². The van der Waals surface area contributed by atoms with Crippen LogP contribution in [0.3, 0.4) is 0 Å². The van der Waals surface area contributed by atoms with Crippen molar-refractivity contribution >= 4 is 10.2 Å². The summed E-state index contributed by atoms with van der Waals surface area (Å²) in [5.74, 6) is 0.485. The Hall–Kier alpha value is -1.03. The Morgan fingerprint density at radius 1 is 1.35 bits per heavy atom. The molecule has 0 unspecified atom stereocenters.